The minimum atomic E-state index is -0.410. The topological polar surface area (TPSA) is 79.6 Å². The molecule has 0 spiro atoms. The average molecular weight is 637 g/mol. The lowest BCUT2D eigenvalue weighted by atomic mass is 9.79. The number of carbonyl (C=O) groups excluding carboxylic acids is 2. The molecule has 0 radical (unpaired) electrons. The first kappa shape index (κ1) is 31.8. The molecule has 7 heteroatoms. The van der Waals surface area contributed by atoms with Crippen LogP contribution >= 0.6 is 11.6 Å². The lowest BCUT2D eigenvalue weighted by Gasteiger charge is -2.28. The van der Waals surface area contributed by atoms with Crippen LogP contribution in [0.3, 0.4) is 0 Å². The number of halogens is 1. The third-order valence-corrected chi connectivity index (χ3v) is 9.82. The summed E-state index contributed by atoms with van der Waals surface area (Å²) in [5, 5.41) is 4.30. The maximum atomic E-state index is 13.6. The monoisotopic (exact) mass is 636 g/mol. The van der Waals surface area contributed by atoms with Crippen molar-refractivity contribution in [3.05, 3.63) is 127 Å². The van der Waals surface area contributed by atoms with E-state index in [9.17, 15) is 14.4 Å². The summed E-state index contributed by atoms with van der Waals surface area (Å²) in [6.45, 7) is 5.57. The zero-order valence-electron chi connectivity index (χ0n) is 26.6. The molecule has 1 aromatic heterocycles. The number of likely N-dealkylation sites (tertiary alicyclic amines) is 1. The van der Waals surface area contributed by atoms with Gasteiger partial charge in [-0.1, -0.05) is 66.6 Å². The van der Waals surface area contributed by atoms with Gasteiger partial charge in [-0.15, -0.1) is 0 Å². The lowest BCUT2D eigenvalue weighted by molar-refractivity contribution is -0.128. The van der Waals surface area contributed by atoms with Crippen molar-refractivity contribution < 1.29 is 14.0 Å². The van der Waals surface area contributed by atoms with Gasteiger partial charge in [0, 0.05) is 30.6 Å². The summed E-state index contributed by atoms with van der Waals surface area (Å²) in [7, 11) is 0. The SMILES string of the molecule is CCc1cc2oc(C(=O)NC(C=C3CCC(c4ccccc4CN4CCCC4=O)CC3)Cc3ccc(Cl)cc3)cc(=O)c2cc1C. The molecule has 46 heavy (non-hydrogen) atoms. The van der Waals surface area contributed by atoms with E-state index >= 15 is 0 Å². The molecule has 1 saturated heterocycles. The Bertz CT molecular complexity index is 1830. The minimum absolute atomic E-state index is 0.0136. The molecular weight excluding hydrogens is 596 g/mol. The molecule has 6 rings (SSSR count). The summed E-state index contributed by atoms with van der Waals surface area (Å²) in [6, 6.07) is 20.9. The number of aryl methyl sites for hydroxylation is 2. The van der Waals surface area contributed by atoms with Gasteiger partial charge in [-0.05, 0) is 110 Å². The Morgan fingerprint density at radius 1 is 1.02 bits per heavy atom. The van der Waals surface area contributed by atoms with E-state index in [1.807, 2.05) is 48.2 Å². The maximum Gasteiger partial charge on any atom is 0.287 e. The smallest absolute Gasteiger partial charge is 0.287 e. The molecule has 0 bridgehead atoms. The van der Waals surface area contributed by atoms with Crippen molar-refractivity contribution in [1.82, 2.24) is 10.2 Å². The summed E-state index contributed by atoms with van der Waals surface area (Å²) < 4.78 is 6.01. The Hall–Kier alpha value is -4.16. The van der Waals surface area contributed by atoms with Gasteiger partial charge in [-0.3, -0.25) is 14.4 Å². The van der Waals surface area contributed by atoms with Crippen LogP contribution in [0, 0.1) is 6.92 Å². The minimum Gasteiger partial charge on any atom is -0.451 e. The van der Waals surface area contributed by atoms with E-state index in [0.29, 0.717) is 41.3 Å². The largest absolute Gasteiger partial charge is 0.451 e. The van der Waals surface area contributed by atoms with E-state index in [2.05, 4.69) is 42.6 Å². The highest BCUT2D eigenvalue weighted by atomic mass is 35.5. The highest BCUT2D eigenvalue weighted by Gasteiger charge is 2.25. The van der Waals surface area contributed by atoms with Gasteiger partial charge in [0.05, 0.1) is 11.4 Å². The number of carbonyl (C=O) groups is 2. The Morgan fingerprint density at radius 2 is 1.78 bits per heavy atom. The van der Waals surface area contributed by atoms with Crippen molar-refractivity contribution in [2.24, 2.45) is 0 Å². The Kier molecular flexibility index (Phi) is 9.74. The zero-order chi connectivity index (χ0) is 32.2. The normalized spacial score (nSPS) is 17.4. The maximum absolute atomic E-state index is 13.6. The molecule has 1 unspecified atom stereocenters. The Morgan fingerprint density at radius 3 is 2.50 bits per heavy atom. The number of nitrogens with one attached hydrogen (secondary N) is 1. The first-order valence-corrected chi connectivity index (χ1v) is 16.8. The summed E-state index contributed by atoms with van der Waals surface area (Å²) in [4.78, 5) is 40.8. The number of nitrogens with zero attached hydrogens (tertiary/aromatic N) is 1. The predicted molar refractivity (Wildman–Crippen MR) is 183 cm³/mol. The molecule has 1 atom stereocenters. The lowest BCUT2D eigenvalue weighted by Crippen LogP contribution is -2.36. The molecule has 2 aliphatic rings. The van der Waals surface area contributed by atoms with E-state index in [-0.39, 0.29) is 23.1 Å². The second kappa shape index (κ2) is 14.1. The molecule has 1 N–H and O–H groups in total. The summed E-state index contributed by atoms with van der Waals surface area (Å²) in [6.07, 6.45) is 9.06. The van der Waals surface area contributed by atoms with Crippen LogP contribution in [0.15, 0.2) is 87.6 Å². The third kappa shape index (κ3) is 7.28. The number of fused-ring (bicyclic) bond motifs is 1. The molecular formula is C39H41ClN2O4. The molecule has 2 heterocycles. The quantitative estimate of drug-likeness (QED) is 0.189. The average Bonchev–Trinajstić information content (AvgIpc) is 3.46. The Balaban J connectivity index is 1.20. The molecule has 238 valence electrons. The van der Waals surface area contributed by atoms with Gasteiger partial charge in [-0.25, -0.2) is 0 Å². The van der Waals surface area contributed by atoms with Gasteiger partial charge in [0.25, 0.3) is 5.91 Å². The van der Waals surface area contributed by atoms with Crippen LogP contribution in [0.4, 0.5) is 0 Å². The van der Waals surface area contributed by atoms with Crippen molar-refractivity contribution in [1.29, 1.82) is 0 Å². The molecule has 4 aromatic rings. The standard InChI is InChI=1S/C39H41ClN2O4/c1-3-28-22-36-34(19-25(28)2)35(43)23-37(46-36)39(45)41-32(21-27-12-16-31(40)17-13-27)20-26-10-14-29(15-11-26)33-8-5-4-7-30(33)24-42-18-6-9-38(42)44/h4-5,7-8,12-13,16-17,19-20,22-23,29,32H,3,6,9-11,14-15,18,21,24H2,1-2H3,(H,41,45). The fourth-order valence-electron chi connectivity index (χ4n) is 7.01. The second-order valence-corrected chi connectivity index (χ2v) is 13.2. The predicted octanol–water partition coefficient (Wildman–Crippen LogP) is 8.06. The van der Waals surface area contributed by atoms with Crippen molar-refractivity contribution in [2.75, 3.05) is 6.54 Å². The Labute approximate surface area is 275 Å². The van der Waals surface area contributed by atoms with Crippen molar-refractivity contribution >= 4 is 34.4 Å². The van der Waals surface area contributed by atoms with Crippen LogP contribution in [0.2, 0.25) is 5.02 Å². The highest BCUT2D eigenvalue weighted by Crippen LogP contribution is 2.38. The molecule has 3 aromatic carbocycles. The number of benzene rings is 3. The second-order valence-electron chi connectivity index (χ2n) is 12.7. The van der Waals surface area contributed by atoms with Gasteiger partial charge in [0.15, 0.2) is 11.2 Å². The van der Waals surface area contributed by atoms with Gasteiger partial charge >= 0.3 is 0 Å². The van der Waals surface area contributed by atoms with E-state index in [0.717, 1.165) is 61.8 Å². The molecule has 1 saturated carbocycles. The number of allylic oxidation sites excluding steroid dienone is 1. The number of rotatable bonds is 9. The van der Waals surface area contributed by atoms with Crippen LogP contribution in [0.5, 0.6) is 0 Å². The summed E-state index contributed by atoms with van der Waals surface area (Å²) >= 11 is 6.15. The first-order valence-electron chi connectivity index (χ1n) is 16.4. The summed E-state index contributed by atoms with van der Waals surface area (Å²) in [5.74, 6) is 0.285. The van der Waals surface area contributed by atoms with Gasteiger partial charge in [0.2, 0.25) is 5.91 Å². The molecule has 2 amide bonds. The van der Waals surface area contributed by atoms with Gasteiger partial charge in [-0.2, -0.15) is 0 Å². The van der Waals surface area contributed by atoms with Crippen LogP contribution < -0.4 is 10.7 Å². The van der Waals surface area contributed by atoms with Crippen molar-refractivity contribution in [3.63, 3.8) is 0 Å². The van der Waals surface area contributed by atoms with E-state index < -0.39 is 5.91 Å². The van der Waals surface area contributed by atoms with Crippen LogP contribution in [-0.2, 0) is 24.2 Å². The molecule has 6 nitrogen and oxygen atoms in total. The van der Waals surface area contributed by atoms with Crippen LogP contribution in [0.1, 0.15) is 89.7 Å². The van der Waals surface area contributed by atoms with Gasteiger partial charge < -0.3 is 14.6 Å². The molecule has 2 fully saturated rings. The third-order valence-electron chi connectivity index (χ3n) is 9.57. The summed E-state index contributed by atoms with van der Waals surface area (Å²) in [5.41, 5.74) is 7.29. The van der Waals surface area contributed by atoms with Crippen molar-refractivity contribution in [3.8, 4) is 0 Å². The van der Waals surface area contributed by atoms with Crippen molar-refractivity contribution in [2.45, 2.75) is 83.7 Å². The first-order chi connectivity index (χ1) is 22.3. The number of hydrogen-bond donors (Lipinski definition) is 1. The highest BCUT2D eigenvalue weighted by molar-refractivity contribution is 6.30. The van der Waals surface area contributed by atoms with E-state index in [1.54, 1.807) is 0 Å². The fourth-order valence-corrected chi connectivity index (χ4v) is 7.14. The van der Waals surface area contributed by atoms with E-state index in [4.69, 9.17) is 16.0 Å². The van der Waals surface area contributed by atoms with E-state index in [1.165, 1.54) is 22.8 Å². The number of hydrogen-bond acceptors (Lipinski definition) is 4. The molecule has 1 aliphatic heterocycles. The molecule has 1 aliphatic carbocycles. The van der Waals surface area contributed by atoms with Crippen LogP contribution in [0.25, 0.3) is 11.0 Å². The number of amides is 2. The zero-order valence-corrected chi connectivity index (χ0v) is 27.4. The van der Waals surface area contributed by atoms with Crippen LogP contribution in [-0.4, -0.2) is 29.3 Å². The van der Waals surface area contributed by atoms with Gasteiger partial charge in [0.1, 0.15) is 5.58 Å². The fraction of sp³-hybridized carbons (Fsp3) is 0.359.